The van der Waals surface area contributed by atoms with Gasteiger partial charge in [-0.2, -0.15) is 0 Å². The van der Waals surface area contributed by atoms with Gasteiger partial charge in [0.25, 0.3) is 15.9 Å². The quantitative estimate of drug-likeness (QED) is 0.485. The number of carbonyl (C=O) groups excluding carboxylic acids is 2. The summed E-state index contributed by atoms with van der Waals surface area (Å²) >= 11 is 11.8. The number of para-hydroxylation sites is 1. The van der Waals surface area contributed by atoms with Crippen LogP contribution >= 0.6 is 23.2 Å². The van der Waals surface area contributed by atoms with Crippen molar-refractivity contribution in [2.75, 3.05) is 23.3 Å². The molecule has 0 bridgehead atoms. The number of ether oxygens (including phenoxy) is 1. The van der Waals surface area contributed by atoms with Crippen molar-refractivity contribution in [1.29, 1.82) is 0 Å². The van der Waals surface area contributed by atoms with E-state index in [0.717, 1.165) is 4.31 Å². The molecule has 32 heavy (non-hydrogen) atoms. The highest BCUT2D eigenvalue weighted by atomic mass is 35.5. The average Bonchev–Trinajstić information content (AvgIpc) is 2.79. The molecule has 1 N–H and O–H groups in total. The number of sulfonamides is 1. The number of benzene rings is 3. The van der Waals surface area contributed by atoms with Crippen molar-refractivity contribution >= 4 is 56.5 Å². The largest absolute Gasteiger partial charge is 0.452 e. The van der Waals surface area contributed by atoms with Gasteiger partial charge in [-0.15, -0.1) is 0 Å². The summed E-state index contributed by atoms with van der Waals surface area (Å²) in [6, 6.07) is 18.4. The normalized spacial score (nSPS) is 11.0. The second-order valence-electron chi connectivity index (χ2n) is 6.58. The zero-order chi connectivity index (χ0) is 23.3. The van der Waals surface area contributed by atoms with Crippen molar-refractivity contribution in [2.45, 2.75) is 4.90 Å². The highest BCUT2D eigenvalue weighted by molar-refractivity contribution is 7.92. The maximum Gasteiger partial charge on any atom is 0.338 e. The molecule has 0 aliphatic rings. The second kappa shape index (κ2) is 10.0. The number of halogens is 2. The van der Waals surface area contributed by atoms with Gasteiger partial charge in [0.2, 0.25) is 0 Å². The maximum absolute atomic E-state index is 12.8. The molecule has 3 aromatic carbocycles. The third kappa shape index (κ3) is 5.59. The van der Waals surface area contributed by atoms with Crippen LogP contribution in [0, 0.1) is 0 Å². The van der Waals surface area contributed by atoms with Gasteiger partial charge in [0, 0.05) is 12.1 Å². The summed E-state index contributed by atoms with van der Waals surface area (Å²) < 4.78 is 31.7. The number of amides is 1. The lowest BCUT2D eigenvalue weighted by molar-refractivity contribution is -0.119. The van der Waals surface area contributed by atoms with Crippen LogP contribution in [0.15, 0.2) is 77.7 Å². The van der Waals surface area contributed by atoms with Crippen LogP contribution in [0.2, 0.25) is 10.0 Å². The topological polar surface area (TPSA) is 92.8 Å². The molecule has 3 aromatic rings. The molecule has 0 atom stereocenters. The van der Waals surface area contributed by atoms with Crippen molar-refractivity contribution in [2.24, 2.45) is 0 Å². The van der Waals surface area contributed by atoms with Crippen molar-refractivity contribution in [3.8, 4) is 0 Å². The van der Waals surface area contributed by atoms with Crippen LogP contribution in [0.4, 0.5) is 11.4 Å². The summed E-state index contributed by atoms with van der Waals surface area (Å²) in [4.78, 5) is 24.2. The third-order valence-electron chi connectivity index (χ3n) is 4.41. The number of esters is 1. The third-order valence-corrected chi connectivity index (χ3v) is 6.76. The Kier molecular flexibility index (Phi) is 7.40. The van der Waals surface area contributed by atoms with Gasteiger partial charge in [0.15, 0.2) is 6.61 Å². The zero-order valence-electron chi connectivity index (χ0n) is 16.8. The fourth-order valence-electron chi connectivity index (χ4n) is 2.69. The zero-order valence-corrected chi connectivity index (χ0v) is 19.1. The van der Waals surface area contributed by atoms with Gasteiger partial charge in [-0.05, 0) is 54.6 Å². The van der Waals surface area contributed by atoms with E-state index in [1.165, 1.54) is 43.4 Å². The fraction of sp³-hybridized carbons (Fsp3) is 0.0909. The molecule has 0 unspecified atom stereocenters. The van der Waals surface area contributed by atoms with Gasteiger partial charge in [0.1, 0.15) is 0 Å². The first-order valence-electron chi connectivity index (χ1n) is 9.24. The number of hydrogen-bond donors (Lipinski definition) is 1. The van der Waals surface area contributed by atoms with Crippen molar-refractivity contribution in [3.05, 3.63) is 88.4 Å². The fourth-order valence-corrected chi connectivity index (χ4v) is 4.34. The average molecular weight is 493 g/mol. The van der Waals surface area contributed by atoms with E-state index in [4.69, 9.17) is 27.9 Å². The SMILES string of the molecule is CN(c1ccccc1)S(=O)(=O)c1ccc(C(=O)OCC(=O)Nc2ccc(Cl)cc2Cl)cc1. The van der Waals surface area contributed by atoms with Crippen molar-refractivity contribution < 1.29 is 22.7 Å². The number of rotatable bonds is 7. The van der Waals surface area contributed by atoms with Gasteiger partial charge < -0.3 is 10.1 Å². The summed E-state index contributed by atoms with van der Waals surface area (Å²) in [5.41, 5.74) is 0.931. The molecule has 3 rings (SSSR count). The molecule has 10 heteroatoms. The Hall–Kier alpha value is -3.07. The highest BCUT2D eigenvalue weighted by Crippen LogP contribution is 2.25. The molecular weight excluding hydrogens is 475 g/mol. The van der Waals surface area contributed by atoms with E-state index in [0.29, 0.717) is 16.4 Å². The number of carbonyl (C=O) groups is 2. The minimum absolute atomic E-state index is 0.00975. The van der Waals surface area contributed by atoms with E-state index >= 15 is 0 Å². The van der Waals surface area contributed by atoms with Crippen LogP contribution in [0.1, 0.15) is 10.4 Å². The predicted octanol–water partition coefficient (Wildman–Crippen LogP) is 4.61. The lowest BCUT2D eigenvalue weighted by Crippen LogP contribution is -2.26. The lowest BCUT2D eigenvalue weighted by Gasteiger charge is -2.19. The lowest BCUT2D eigenvalue weighted by atomic mass is 10.2. The number of anilines is 2. The van der Waals surface area contributed by atoms with Crippen LogP contribution in [0.25, 0.3) is 0 Å². The van der Waals surface area contributed by atoms with Crippen molar-refractivity contribution in [3.63, 3.8) is 0 Å². The molecule has 0 saturated carbocycles. The van der Waals surface area contributed by atoms with Crippen LogP contribution in [-0.2, 0) is 19.6 Å². The minimum Gasteiger partial charge on any atom is -0.452 e. The summed E-state index contributed by atoms with van der Waals surface area (Å²) in [5.74, 6) is -1.37. The Bertz CT molecular complexity index is 1230. The first-order valence-corrected chi connectivity index (χ1v) is 11.4. The van der Waals surface area contributed by atoms with Crippen LogP contribution < -0.4 is 9.62 Å². The molecule has 1 amide bonds. The Labute approximate surface area is 195 Å². The summed E-state index contributed by atoms with van der Waals surface area (Å²) in [5, 5.41) is 3.17. The van der Waals surface area contributed by atoms with E-state index in [9.17, 15) is 18.0 Å². The van der Waals surface area contributed by atoms with Crippen LogP contribution in [0.3, 0.4) is 0 Å². The van der Waals surface area contributed by atoms with E-state index in [1.807, 2.05) is 0 Å². The molecular formula is C22H18Cl2N2O5S. The van der Waals surface area contributed by atoms with E-state index in [-0.39, 0.29) is 15.5 Å². The second-order valence-corrected chi connectivity index (χ2v) is 9.39. The molecule has 0 aliphatic heterocycles. The van der Waals surface area contributed by atoms with Gasteiger partial charge in [0.05, 0.1) is 26.9 Å². The molecule has 166 valence electrons. The van der Waals surface area contributed by atoms with E-state index < -0.39 is 28.5 Å². The smallest absolute Gasteiger partial charge is 0.338 e. The summed E-state index contributed by atoms with van der Waals surface area (Å²) in [6.45, 7) is -0.547. The number of nitrogens with zero attached hydrogens (tertiary/aromatic N) is 1. The standard InChI is InChI=1S/C22H18Cl2N2O5S/c1-26(17-5-3-2-4-6-17)32(29,30)18-10-7-15(8-11-18)22(28)31-14-21(27)25-20-12-9-16(23)13-19(20)24/h2-13H,14H2,1H3,(H,25,27). The molecule has 7 nitrogen and oxygen atoms in total. The van der Waals surface area contributed by atoms with E-state index in [1.54, 1.807) is 36.4 Å². The van der Waals surface area contributed by atoms with E-state index in [2.05, 4.69) is 5.32 Å². The molecule has 0 heterocycles. The number of nitrogens with one attached hydrogen (secondary N) is 1. The Morgan fingerprint density at radius 2 is 1.62 bits per heavy atom. The molecule has 0 fully saturated rings. The van der Waals surface area contributed by atoms with Gasteiger partial charge in [-0.25, -0.2) is 13.2 Å². The van der Waals surface area contributed by atoms with Crippen molar-refractivity contribution in [1.82, 2.24) is 0 Å². The molecule has 0 aromatic heterocycles. The monoisotopic (exact) mass is 492 g/mol. The highest BCUT2D eigenvalue weighted by Gasteiger charge is 2.22. The van der Waals surface area contributed by atoms with Gasteiger partial charge >= 0.3 is 5.97 Å². The Morgan fingerprint density at radius 3 is 2.25 bits per heavy atom. The van der Waals surface area contributed by atoms with Crippen LogP contribution in [-0.4, -0.2) is 33.9 Å². The van der Waals surface area contributed by atoms with Gasteiger partial charge in [-0.3, -0.25) is 9.10 Å². The Morgan fingerprint density at radius 1 is 0.969 bits per heavy atom. The molecule has 0 aliphatic carbocycles. The first kappa shape index (κ1) is 23.6. The van der Waals surface area contributed by atoms with Gasteiger partial charge in [-0.1, -0.05) is 41.4 Å². The molecule has 0 saturated heterocycles. The van der Waals surface area contributed by atoms with Crippen LogP contribution in [0.5, 0.6) is 0 Å². The molecule has 0 radical (unpaired) electrons. The summed E-state index contributed by atoms with van der Waals surface area (Å²) in [7, 11) is -2.36. The first-order chi connectivity index (χ1) is 15.2. The molecule has 0 spiro atoms. The Balaban J connectivity index is 1.61. The maximum atomic E-state index is 12.8. The minimum atomic E-state index is -3.81. The predicted molar refractivity (Wildman–Crippen MR) is 124 cm³/mol. The number of hydrogen-bond acceptors (Lipinski definition) is 5. The summed E-state index contributed by atoms with van der Waals surface area (Å²) in [6.07, 6.45) is 0.